The van der Waals surface area contributed by atoms with E-state index in [-0.39, 0.29) is 0 Å². The summed E-state index contributed by atoms with van der Waals surface area (Å²) in [5.74, 6) is 1.16. The van der Waals surface area contributed by atoms with Gasteiger partial charge in [-0.25, -0.2) is 4.98 Å². The highest BCUT2D eigenvalue weighted by Crippen LogP contribution is 2.27. The SMILES string of the molecule is CCCn1ccnc1C(O)c1cc2ccccc2o1. The van der Waals surface area contributed by atoms with Gasteiger partial charge in [-0.2, -0.15) is 0 Å². The van der Waals surface area contributed by atoms with E-state index in [1.165, 1.54) is 0 Å². The van der Waals surface area contributed by atoms with Gasteiger partial charge in [-0.3, -0.25) is 0 Å². The van der Waals surface area contributed by atoms with Gasteiger partial charge in [-0.1, -0.05) is 25.1 Å². The highest BCUT2D eigenvalue weighted by atomic mass is 16.4. The van der Waals surface area contributed by atoms with Gasteiger partial charge in [-0.15, -0.1) is 0 Å². The Labute approximate surface area is 111 Å². The van der Waals surface area contributed by atoms with Crippen molar-refractivity contribution in [3.05, 3.63) is 54.3 Å². The van der Waals surface area contributed by atoms with Crippen molar-refractivity contribution in [2.75, 3.05) is 0 Å². The number of hydrogen-bond acceptors (Lipinski definition) is 3. The van der Waals surface area contributed by atoms with Crippen LogP contribution in [0, 0.1) is 0 Å². The lowest BCUT2D eigenvalue weighted by atomic mass is 10.2. The van der Waals surface area contributed by atoms with Gasteiger partial charge in [0.05, 0.1) is 0 Å². The molecule has 0 fully saturated rings. The molecule has 2 aromatic heterocycles. The van der Waals surface area contributed by atoms with Gasteiger partial charge < -0.3 is 14.1 Å². The second-order valence-electron chi connectivity index (χ2n) is 4.57. The number of aromatic nitrogens is 2. The third kappa shape index (κ3) is 2.15. The summed E-state index contributed by atoms with van der Waals surface area (Å²) < 4.78 is 7.64. The summed E-state index contributed by atoms with van der Waals surface area (Å²) in [7, 11) is 0. The van der Waals surface area contributed by atoms with Gasteiger partial charge in [0, 0.05) is 24.3 Å². The van der Waals surface area contributed by atoms with Crippen LogP contribution in [0.2, 0.25) is 0 Å². The number of aliphatic hydroxyl groups is 1. The van der Waals surface area contributed by atoms with E-state index in [9.17, 15) is 5.11 Å². The molecule has 0 radical (unpaired) electrons. The van der Waals surface area contributed by atoms with Crippen molar-refractivity contribution >= 4 is 11.0 Å². The van der Waals surface area contributed by atoms with E-state index in [1.54, 1.807) is 6.20 Å². The molecule has 3 rings (SSSR count). The van der Waals surface area contributed by atoms with Crippen LogP contribution in [0.1, 0.15) is 31.0 Å². The number of hydrogen-bond donors (Lipinski definition) is 1. The minimum Gasteiger partial charge on any atom is -0.458 e. The number of benzene rings is 1. The second kappa shape index (κ2) is 4.90. The largest absolute Gasteiger partial charge is 0.458 e. The number of rotatable bonds is 4. The molecule has 0 aliphatic heterocycles. The number of para-hydroxylation sites is 1. The highest BCUT2D eigenvalue weighted by molar-refractivity contribution is 5.77. The molecular weight excluding hydrogens is 240 g/mol. The highest BCUT2D eigenvalue weighted by Gasteiger charge is 2.19. The minimum absolute atomic E-state index is 0.532. The summed E-state index contributed by atoms with van der Waals surface area (Å²) in [6, 6.07) is 9.59. The molecule has 98 valence electrons. The van der Waals surface area contributed by atoms with Gasteiger partial charge in [-0.05, 0) is 18.6 Å². The number of imidazole rings is 1. The van der Waals surface area contributed by atoms with Crippen LogP contribution in [0.15, 0.2) is 47.1 Å². The molecule has 1 atom stereocenters. The van der Waals surface area contributed by atoms with Crippen molar-refractivity contribution in [1.29, 1.82) is 0 Å². The molecule has 0 aliphatic rings. The Kier molecular flexibility index (Phi) is 3.09. The second-order valence-corrected chi connectivity index (χ2v) is 4.57. The lowest BCUT2D eigenvalue weighted by molar-refractivity contribution is 0.178. The van der Waals surface area contributed by atoms with Crippen LogP contribution in [0.3, 0.4) is 0 Å². The van der Waals surface area contributed by atoms with E-state index in [2.05, 4.69) is 11.9 Å². The van der Waals surface area contributed by atoms with E-state index < -0.39 is 6.10 Å². The molecule has 4 nitrogen and oxygen atoms in total. The average molecular weight is 256 g/mol. The zero-order valence-electron chi connectivity index (χ0n) is 10.8. The normalized spacial score (nSPS) is 12.9. The molecule has 0 saturated carbocycles. The van der Waals surface area contributed by atoms with Crippen LogP contribution in [0.4, 0.5) is 0 Å². The van der Waals surface area contributed by atoms with Crippen LogP contribution in [-0.4, -0.2) is 14.7 Å². The first-order chi connectivity index (χ1) is 9.29. The third-order valence-corrected chi connectivity index (χ3v) is 3.17. The lowest BCUT2D eigenvalue weighted by Gasteiger charge is -2.10. The fraction of sp³-hybridized carbons (Fsp3) is 0.267. The van der Waals surface area contributed by atoms with Gasteiger partial charge in [0.1, 0.15) is 17.2 Å². The molecule has 0 bridgehead atoms. The Hall–Kier alpha value is -2.07. The number of fused-ring (bicyclic) bond motifs is 1. The van der Waals surface area contributed by atoms with Crippen molar-refractivity contribution in [1.82, 2.24) is 9.55 Å². The van der Waals surface area contributed by atoms with Crippen molar-refractivity contribution in [3.8, 4) is 0 Å². The molecule has 3 aromatic rings. The maximum Gasteiger partial charge on any atom is 0.169 e. The van der Waals surface area contributed by atoms with Crippen LogP contribution < -0.4 is 0 Å². The van der Waals surface area contributed by atoms with Gasteiger partial charge in [0.2, 0.25) is 0 Å². The first-order valence-electron chi connectivity index (χ1n) is 6.47. The van der Waals surface area contributed by atoms with Crippen LogP contribution in [0.5, 0.6) is 0 Å². The fourth-order valence-electron chi connectivity index (χ4n) is 2.26. The van der Waals surface area contributed by atoms with Crippen molar-refractivity contribution in [2.45, 2.75) is 26.0 Å². The predicted molar refractivity (Wildman–Crippen MR) is 72.8 cm³/mol. The van der Waals surface area contributed by atoms with E-state index in [0.717, 1.165) is 23.9 Å². The van der Waals surface area contributed by atoms with E-state index in [4.69, 9.17) is 4.42 Å². The standard InChI is InChI=1S/C15H16N2O2/c1-2-8-17-9-7-16-15(17)14(18)13-10-11-5-3-4-6-12(11)19-13/h3-7,9-10,14,18H,2,8H2,1H3. The van der Waals surface area contributed by atoms with Crippen molar-refractivity contribution in [3.63, 3.8) is 0 Å². The predicted octanol–water partition coefficient (Wildman–Crippen LogP) is 3.12. The monoisotopic (exact) mass is 256 g/mol. The molecule has 0 aliphatic carbocycles. The summed E-state index contributed by atoms with van der Waals surface area (Å²) in [5, 5.41) is 11.4. The summed E-state index contributed by atoms with van der Waals surface area (Å²) in [6.07, 6.45) is 3.76. The molecule has 1 unspecified atom stereocenters. The molecular formula is C15H16N2O2. The molecule has 1 N–H and O–H groups in total. The number of aryl methyl sites for hydroxylation is 1. The average Bonchev–Trinajstić information content (AvgIpc) is 3.04. The Morgan fingerprint density at radius 3 is 3.00 bits per heavy atom. The molecule has 0 saturated heterocycles. The molecule has 0 amide bonds. The number of aliphatic hydroxyl groups excluding tert-OH is 1. The van der Waals surface area contributed by atoms with Crippen LogP contribution >= 0.6 is 0 Å². The van der Waals surface area contributed by atoms with E-state index >= 15 is 0 Å². The van der Waals surface area contributed by atoms with Gasteiger partial charge in [0.25, 0.3) is 0 Å². The smallest absolute Gasteiger partial charge is 0.169 e. The Balaban J connectivity index is 1.98. The topological polar surface area (TPSA) is 51.2 Å². The van der Waals surface area contributed by atoms with Gasteiger partial charge >= 0.3 is 0 Å². The minimum atomic E-state index is -0.825. The lowest BCUT2D eigenvalue weighted by Crippen LogP contribution is -2.08. The molecule has 19 heavy (non-hydrogen) atoms. The Bertz CT molecular complexity index is 651. The first-order valence-corrected chi connectivity index (χ1v) is 6.47. The van der Waals surface area contributed by atoms with Crippen molar-refractivity contribution in [2.24, 2.45) is 0 Å². The quantitative estimate of drug-likeness (QED) is 0.780. The Morgan fingerprint density at radius 1 is 1.37 bits per heavy atom. The number of nitrogens with zero attached hydrogens (tertiary/aromatic N) is 2. The zero-order valence-corrected chi connectivity index (χ0v) is 10.8. The Morgan fingerprint density at radius 2 is 2.21 bits per heavy atom. The third-order valence-electron chi connectivity index (χ3n) is 3.17. The number of furan rings is 1. The van der Waals surface area contributed by atoms with Crippen LogP contribution in [0.25, 0.3) is 11.0 Å². The summed E-state index contributed by atoms with van der Waals surface area (Å²) >= 11 is 0. The molecule has 0 spiro atoms. The fourth-order valence-corrected chi connectivity index (χ4v) is 2.26. The maximum atomic E-state index is 10.4. The van der Waals surface area contributed by atoms with Gasteiger partial charge in [0.15, 0.2) is 6.10 Å². The maximum absolute atomic E-state index is 10.4. The first kappa shape index (κ1) is 12.0. The summed E-state index contributed by atoms with van der Waals surface area (Å²) in [4.78, 5) is 4.23. The zero-order chi connectivity index (χ0) is 13.2. The summed E-state index contributed by atoms with van der Waals surface area (Å²) in [5.41, 5.74) is 0.783. The molecule has 1 aromatic carbocycles. The molecule has 4 heteroatoms. The van der Waals surface area contributed by atoms with Crippen molar-refractivity contribution < 1.29 is 9.52 Å². The van der Waals surface area contributed by atoms with E-state index in [1.807, 2.05) is 41.1 Å². The molecule has 2 heterocycles. The van der Waals surface area contributed by atoms with E-state index in [0.29, 0.717) is 11.6 Å². The summed E-state index contributed by atoms with van der Waals surface area (Å²) in [6.45, 7) is 2.93. The van der Waals surface area contributed by atoms with Crippen LogP contribution in [-0.2, 0) is 6.54 Å².